The molecule has 3 aromatic carbocycles. The lowest BCUT2D eigenvalue weighted by molar-refractivity contribution is 0.0526. The molecule has 32 heavy (non-hydrogen) atoms. The van der Waals surface area contributed by atoms with Crippen molar-refractivity contribution in [3.63, 3.8) is 0 Å². The molecule has 0 fully saturated rings. The monoisotopic (exact) mass is 515 g/mol. The normalized spacial score (nSPS) is 11.5. The van der Waals surface area contributed by atoms with E-state index in [9.17, 15) is 13.2 Å². The summed E-state index contributed by atoms with van der Waals surface area (Å²) in [6.07, 6.45) is 0. The highest BCUT2D eigenvalue weighted by molar-refractivity contribution is 9.10. The maximum Gasteiger partial charge on any atom is 0.338 e. The fourth-order valence-electron chi connectivity index (χ4n) is 3.52. The molecule has 0 radical (unpaired) electrons. The Balaban J connectivity index is 1.97. The van der Waals surface area contributed by atoms with Gasteiger partial charge in [-0.05, 0) is 67.3 Å². The highest BCUT2D eigenvalue weighted by Gasteiger charge is 2.28. The third kappa shape index (κ3) is 5.65. The van der Waals surface area contributed by atoms with E-state index in [1.54, 1.807) is 31.2 Å². The predicted molar refractivity (Wildman–Crippen MR) is 129 cm³/mol. The molecule has 0 atom stereocenters. The van der Waals surface area contributed by atoms with Gasteiger partial charge in [-0.3, -0.25) is 0 Å². The van der Waals surface area contributed by atoms with Crippen molar-refractivity contribution in [3.05, 3.63) is 99.0 Å². The Hall–Kier alpha value is -2.48. The van der Waals surface area contributed by atoms with Crippen LogP contribution in [0, 0.1) is 13.8 Å². The van der Waals surface area contributed by atoms with Gasteiger partial charge in [0.25, 0.3) is 0 Å². The van der Waals surface area contributed by atoms with Gasteiger partial charge in [0, 0.05) is 17.6 Å². The van der Waals surface area contributed by atoms with Crippen LogP contribution in [0.2, 0.25) is 0 Å². The highest BCUT2D eigenvalue weighted by Crippen LogP contribution is 2.27. The molecule has 0 saturated heterocycles. The van der Waals surface area contributed by atoms with E-state index in [1.165, 1.54) is 4.31 Å². The maximum atomic E-state index is 13.8. The summed E-state index contributed by atoms with van der Waals surface area (Å²) in [5, 5.41) is 0. The Bertz CT molecular complexity index is 1170. The Morgan fingerprint density at radius 1 is 0.875 bits per heavy atom. The quantitative estimate of drug-likeness (QED) is 0.364. The van der Waals surface area contributed by atoms with Gasteiger partial charge >= 0.3 is 5.97 Å². The van der Waals surface area contributed by atoms with Gasteiger partial charge in [-0.25, -0.2) is 13.2 Å². The van der Waals surface area contributed by atoms with Crippen molar-refractivity contribution in [1.29, 1.82) is 0 Å². The number of hydrogen-bond acceptors (Lipinski definition) is 4. The second-order valence-corrected chi connectivity index (χ2v) is 10.3. The first-order valence-corrected chi connectivity index (χ1v) is 12.5. The van der Waals surface area contributed by atoms with Crippen molar-refractivity contribution in [2.45, 2.75) is 38.8 Å². The third-order valence-corrected chi connectivity index (χ3v) is 7.73. The first kappa shape index (κ1) is 24.2. The number of halogens is 1. The summed E-state index contributed by atoms with van der Waals surface area (Å²) in [4.78, 5) is 12.3. The van der Waals surface area contributed by atoms with Gasteiger partial charge in [-0.1, -0.05) is 58.4 Å². The zero-order chi connectivity index (χ0) is 23.3. The van der Waals surface area contributed by atoms with Crippen LogP contribution in [0.15, 0.2) is 76.1 Å². The largest absolute Gasteiger partial charge is 0.462 e. The number of esters is 1. The molecule has 0 spiro atoms. The van der Waals surface area contributed by atoms with Crippen LogP contribution in [0.1, 0.15) is 39.5 Å². The van der Waals surface area contributed by atoms with Crippen LogP contribution in [-0.2, 0) is 27.8 Å². The van der Waals surface area contributed by atoms with Crippen molar-refractivity contribution in [1.82, 2.24) is 4.31 Å². The van der Waals surface area contributed by atoms with Crippen molar-refractivity contribution in [3.8, 4) is 0 Å². The van der Waals surface area contributed by atoms with Crippen LogP contribution in [-0.4, -0.2) is 25.3 Å². The standard InChI is InChI=1S/C25H26BrNO4S/c1-4-31-25(28)22-12-8-20(9-13-22)16-27(17-21-10-14-23(26)15-11-21)32(29,30)24-18(2)6-5-7-19(24)3/h5-15H,4,16-17H2,1-3H3. The van der Waals surface area contributed by atoms with Gasteiger partial charge in [-0.2, -0.15) is 4.31 Å². The molecule has 5 nitrogen and oxygen atoms in total. The zero-order valence-electron chi connectivity index (χ0n) is 18.3. The van der Waals surface area contributed by atoms with Crippen LogP contribution in [0.4, 0.5) is 0 Å². The van der Waals surface area contributed by atoms with Crippen molar-refractivity contribution >= 4 is 31.9 Å². The molecule has 0 saturated carbocycles. The van der Waals surface area contributed by atoms with E-state index in [1.807, 2.05) is 56.3 Å². The summed E-state index contributed by atoms with van der Waals surface area (Å²) >= 11 is 3.42. The molecule has 0 bridgehead atoms. The van der Waals surface area contributed by atoms with E-state index in [4.69, 9.17) is 4.74 Å². The Labute approximate surface area is 198 Å². The number of carbonyl (C=O) groups is 1. The minimum atomic E-state index is -3.77. The molecule has 0 heterocycles. The minimum absolute atomic E-state index is 0.176. The first-order chi connectivity index (χ1) is 15.2. The number of benzene rings is 3. The van der Waals surface area contributed by atoms with Crippen molar-refractivity contribution < 1.29 is 17.9 Å². The van der Waals surface area contributed by atoms with E-state index >= 15 is 0 Å². The van der Waals surface area contributed by atoms with E-state index in [2.05, 4.69) is 15.9 Å². The van der Waals surface area contributed by atoms with Gasteiger partial charge in [0.15, 0.2) is 0 Å². The van der Waals surface area contributed by atoms with Crippen LogP contribution >= 0.6 is 15.9 Å². The lowest BCUT2D eigenvalue weighted by atomic mass is 10.1. The third-order valence-electron chi connectivity index (χ3n) is 5.10. The SMILES string of the molecule is CCOC(=O)c1ccc(CN(Cc2ccc(Br)cc2)S(=O)(=O)c2c(C)cccc2C)cc1. The summed E-state index contributed by atoms with van der Waals surface area (Å²) in [7, 11) is -3.77. The van der Waals surface area contributed by atoms with Crippen LogP contribution in [0.5, 0.6) is 0 Å². The topological polar surface area (TPSA) is 63.7 Å². The zero-order valence-corrected chi connectivity index (χ0v) is 20.7. The van der Waals surface area contributed by atoms with Crippen LogP contribution in [0.3, 0.4) is 0 Å². The van der Waals surface area contributed by atoms with Crippen molar-refractivity contribution in [2.75, 3.05) is 6.61 Å². The Kier molecular flexibility index (Phi) is 7.87. The molecule has 0 unspecified atom stereocenters. The smallest absolute Gasteiger partial charge is 0.338 e. The Morgan fingerprint density at radius 3 is 1.88 bits per heavy atom. The second kappa shape index (κ2) is 10.4. The number of hydrogen-bond donors (Lipinski definition) is 0. The molecule has 0 aromatic heterocycles. The van der Waals surface area contributed by atoms with Gasteiger partial charge in [-0.15, -0.1) is 0 Å². The lowest BCUT2D eigenvalue weighted by Gasteiger charge is -2.24. The van der Waals surface area contributed by atoms with Crippen LogP contribution in [0.25, 0.3) is 0 Å². The minimum Gasteiger partial charge on any atom is -0.462 e. The summed E-state index contributed by atoms with van der Waals surface area (Å²) < 4.78 is 34.9. The molecule has 168 valence electrons. The number of nitrogens with zero attached hydrogens (tertiary/aromatic N) is 1. The summed E-state index contributed by atoms with van der Waals surface area (Å²) in [6, 6.07) is 19.9. The molecule has 0 aliphatic carbocycles. The van der Waals surface area contributed by atoms with E-state index < -0.39 is 16.0 Å². The van der Waals surface area contributed by atoms with Gasteiger partial charge in [0.2, 0.25) is 10.0 Å². The summed E-state index contributed by atoms with van der Waals surface area (Å²) in [5.41, 5.74) is 3.52. The molecule has 3 rings (SSSR count). The van der Waals surface area contributed by atoms with Gasteiger partial charge < -0.3 is 4.74 Å². The number of carbonyl (C=O) groups excluding carboxylic acids is 1. The van der Waals surface area contributed by atoms with Crippen molar-refractivity contribution in [2.24, 2.45) is 0 Å². The van der Waals surface area contributed by atoms with E-state index in [-0.39, 0.29) is 13.1 Å². The van der Waals surface area contributed by atoms with Crippen LogP contribution < -0.4 is 0 Å². The molecule has 0 aliphatic rings. The second-order valence-electron chi connectivity index (χ2n) is 7.54. The fraction of sp³-hybridized carbons (Fsp3) is 0.240. The molecule has 3 aromatic rings. The molecule has 0 aliphatic heterocycles. The molecular weight excluding hydrogens is 490 g/mol. The summed E-state index contributed by atoms with van der Waals surface area (Å²) in [5.74, 6) is -0.395. The van der Waals surface area contributed by atoms with Gasteiger partial charge in [0.05, 0.1) is 17.1 Å². The molecule has 0 N–H and O–H groups in total. The highest BCUT2D eigenvalue weighted by atomic mass is 79.9. The number of aryl methyl sites for hydroxylation is 2. The number of rotatable bonds is 8. The summed E-state index contributed by atoms with van der Waals surface area (Å²) in [6.45, 7) is 6.08. The van der Waals surface area contributed by atoms with Gasteiger partial charge in [0.1, 0.15) is 0 Å². The molecule has 7 heteroatoms. The van der Waals surface area contributed by atoms with E-state index in [0.717, 1.165) is 15.6 Å². The Morgan fingerprint density at radius 2 is 1.38 bits per heavy atom. The number of sulfonamides is 1. The first-order valence-electron chi connectivity index (χ1n) is 10.3. The van der Waals surface area contributed by atoms with E-state index in [0.29, 0.717) is 28.2 Å². The lowest BCUT2D eigenvalue weighted by Crippen LogP contribution is -2.31. The average Bonchev–Trinajstić information content (AvgIpc) is 2.75. The average molecular weight is 516 g/mol. The number of ether oxygens (including phenoxy) is 1. The maximum absolute atomic E-state index is 13.8. The fourth-order valence-corrected chi connectivity index (χ4v) is 5.63. The predicted octanol–water partition coefficient (Wildman–Crippen LogP) is 5.63. The molecule has 0 amide bonds. The molecular formula is C25H26BrNO4S.